The fourth-order valence-corrected chi connectivity index (χ4v) is 4.02. The summed E-state index contributed by atoms with van der Waals surface area (Å²) in [7, 11) is 4.32. The first-order valence-electron chi connectivity index (χ1n) is 13.8. The number of nitro benzene ring substituents is 1. The molecule has 254 valence electrons. The number of aliphatic hydroxyl groups is 2. The lowest BCUT2D eigenvalue weighted by Gasteiger charge is -2.23. The van der Waals surface area contributed by atoms with E-state index in [0.29, 0.717) is 34.8 Å². The van der Waals surface area contributed by atoms with Gasteiger partial charge in [-0.2, -0.15) is 13.2 Å². The maximum Gasteiger partial charge on any atom is 0.423 e. The molecule has 0 fully saturated rings. The molecule has 0 saturated carbocycles. The largest absolute Gasteiger partial charge is 0.508 e. The SMILES string of the molecule is COc1ccc(/C=C/C(O)=C/C(=O)/C=C/c2ccc(OCC(C)(O)C(=O)Nc3ccc([N+](=O)[O-])c(C(F)(F)F)c3)c(OC)c2)cc1OC. The Labute approximate surface area is 272 Å². The lowest BCUT2D eigenvalue weighted by Crippen LogP contribution is -2.45. The average Bonchev–Trinajstić information content (AvgIpc) is 3.04. The number of hydrogen-bond donors (Lipinski definition) is 3. The van der Waals surface area contributed by atoms with Crippen LogP contribution in [0.25, 0.3) is 12.2 Å². The number of amides is 1. The zero-order valence-corrected chi connectivity index (χ0v) is 26.0. The highest BCUT2D eigenvalue weighted by atomic mass is 19.4. The van der Waals surface area contributed by atoms with E-state index in [1.54, 1.807) is 24.3 Å². The third-order valence-corrected chi connectivity index (χ3v) is 6.53. The zero-order chi connectivity index (χ0) is 35.6. The van der Waals surface area contributed by atoms with Crippen molar-refractivity contribution in [3.05, 3.63) is 105 Å². The number of alkyl halides is 3. The quantitative estimate of drug-likeness (QED) is 0.0595. The Morgan fingerprint density at radius 3 is 2.00 bits per heavy atom. The topological polar surface area (TPSA) is 167 Å². The monoisotopic (exact) mass is 672 g/mol. The van der Waals surface area contributed by atoms with E-state index in [9.17, 15) is 43.1 Å². The van der Waals surface area contributed by atoms with Gasteiger partial charge in [-0.05, 0) is 66.6 Å². The molecule has 0 heterocycles. The van der Waals surface area contributed by atoms with E-state index in [-0.39, 0.29) is 17.3 Å². The van der Waals surface area contributed by atoms with Gasteiger partial charge >= 0.3 is 6.18 Å². The zero-order valence-electron chi connectivity index (χ0n) is 26.0. The summed E-state index contributed by atoms with van der Waals surface area (Å²) in [5, 5.41) is 33.9. The van der Waals surface area contributed by atoms with Crippen LogP contribution in [-0.2, 0) is 15.8 Å². The summed E-state index contributed by atoms with van der Waals surface area (Å²) in [6, 6.07) is 11.5. The summed E-state index contributed by atoms with van der Waals surface area (Å²) in [6.07, 6.45) is 1.50. The Hall–Kier alpha value is -5.83. The van der Waals surface area contributed by atoms with E-state index >= 15 is 0 Å². The molecule has 3 aromatic rings. The van der Waals surface area contributed by atoms with Crippen molar-refractivity contribution in [2.75, 3.05) is 33.3 Å². The minimum atomic E-state index is -5.07. The number of ketones is 1. The van der Waals surface area contributed by atoms with E-state index in [1.165, 1.54) is 57.8 Å². The normalized spacial score (nSPS) is 13.2. The number of aliphatic hydroxyl groups excluding tert-OH is 1. The number of rotatable bonds is 14. The van der Waals surface area contributed by atoms with Gasteiger partial charge in [-0.25, -0.2) is 0 Å². The minimum absolute atomic E-state index is 0.0848. The second kappa shape index (κ2) is 15.6. The molecule has 3 rings (SSSR count). The number of allylic oxidation sites excluding steroid dienone is 3. The van der Waals surface area contributed by atoms with E-state index in [0.717, 1.165) is 19.1 Å². The second-order valence-electron chi connectivity index (χ2n) is 10.2. The van der Waals surface area contributed by atoms with Gasteiger partial charge < -0.3 is 34.5 Å². The molecule has 3 aromatic carbocycles. The van der Waals surface area contributed by atoms with E-state index in [2.05, 4.69) is 5.32 Å². The van der Waals surface area contributed by atoms with Crippen LogP contribution in [-0.4, -0.2) is 60.4 Å². The van der Waals surface area contributed by atoms with Crippen LogP contribution in [0.2, 0.25) is 0 Å². The minimum Gasteiger partial charge on any atom is -0.508 e. The molecule has 0 aliphatic heterocycles. The first kappa shape index (κ1) is 36.6. The predicted octanol–water partition coefficient (Wildman–Crippen LogP) is 6.15. The number of carbonyl (C=O) groups is 2. The van der Waals surface area contributed by atoms with Crippen molar-refractivity contribution in [1.82, 2.24) is 0 Å². The highest BCUT2D eigenvalue weighted by molar-refractivity contribution is 6.02. The lowest BCUT2D eigenvalue weighted by atomic mass is 10.1. The molecule has 0 aromatic heterocycles. The number of benzene rings is 3. The molecule has 0 bridgehead atoms. The molecule has 15 heteroatoms. The van der Waals surface area contributed by atoms with Crippen LogP contribution in [0.5, 0.6) is 23.0 Å². The smallest absolute Gasteiger partial charge is 0.423 e. The first-order valence-corrected chi connectivity index (χ1v) is 13.8. The number of methoxy groups -OCH3 is 3. The molecule has 48 heavy (non-hydrogen) atoms. The van der Waals surface area contributed by atoms with Gasteiger partial charge in [-0.15, -0.1) is 0 Å². The number of hydrogen-bond acceptors (Lipinski definition) is 10. The third kappa shape index (κ3) is 9.83. The Bertz CT molecular complexity index is 1760. The van der Waals surface area contributed by atoms with Gasteiger partial charge in [0.05, 0.1) is 26.3 Å². The van der Waals surface area contributed by atoms with Crippen molar-refractivity contribution in [2.45, 2.75) is 18.7 Å². The first-order chi connectivity index (χ1) is 22.6. The number of nitro groups is 1. The summed E-state index contributed by atoms with van der Waals surface area (Å²) < 4.78 is 61.1. The van der Waals surface area contributed by atoms with Crippen molar-refractivity contribution in [1.29, 1.82) is 0 Å². The lowest BCUT2D eigenvalue weighted by molar-refractivity contribution is -0.388. The van der Waals surface area contributed by atoms with Crippen LogP contribution in [0, 0.1) is 10.1 Å². The average molecular weight is 673 g/mol. The van der Waals surface area contributed by atoms with Crippen LogP contribution in [0.15, 0.2) is 78.6 Å². The Balaban J connectivity index is 1.64. The highest BCUT2D eigenvalue weighted by Crippen LogP contribution is 2.38. The van der Waals surface area contributed by atoms with E-state index in [1.807, 2.05) is 0 Å². The molecule has 0 aliphatic rings. The van der Waals surface area contributed by atoms with Crippen molar-refractivity contribution in [3.63, 3.8) is 0 Å². The summed E-state index contributed by atoms with van der Waals surface area (Å²) in [5.74, 6) is -0.696. The molecular formula is C33H31F3N2O10. The molecule has 0 aliphatic carbocycles. The summed E-state index contributed by atoms with van der Waals surface area (Å²) >= 11 is 0. The van der Waals surface area contributed by atoms with E-state index < -0.39 is 51.9 Å². The van der Waals surface area contributed by atoms with Crippen molar-refractivity contribution >= 4 is 35.2 Å². The van der Waals surface area contributed by atoms with Gasteiger partial charge in [0, 0.05) is 17.8 Å². The van der Waals surface area contributed by atoms with Gasteiger partial charge in [0.2, 0.25) is 0 Å². The second-order valence-corrected chi connectivity index (χ2v) is 10.2. The maximum absolute atomic E-state index is 13.3. The molecule has 1 unspecified atom stereocenters. The highest BCUT2D eigenvalue weighted by Gasteiger charge is 2.39. The van der Waals surface area contributed by atoms with Crippen molar-refractivity contribution < 1.29 is 56.8 Å². The molecule has 1 amide bonds. The molecule has 1 atom stereocenters. The number of nitrogens with one attached hydrogen (secondary N) is 1. The number of anilines is 1. The van der Waals surface area contributed by atoms with Gasteiger partial charge in [0.15, 0.2) is 34.4 Å². The predicted molar refractivity (Wildman–Crippen MR) is 169 cm³/mol. The van der Waals surface area contributed by atoms with Gasteiger partial charge in [0.25, 0.3) is 11.6 Å². The number of nitrogens with zero attached hydrogens (tertiary/aromatic N) is 1. The Morgan fingerprint density at radius 2 is 1.44 bits per heavy atom. The fourth-order valence-electron chi connectivity index (χ4n) is 4.02. The van der Waals surface area contributed by atoms with Gasteiger partial charge in [-0.1, -0.05) is 24.3 Å². The standard InChI is InChI=1S/C33H31F3N2O10/c1-32(42,31(41)37-22-9-12-26(38(43)44)25(17-22)33(34,35)36)19-48-28-14-8-21(16-30(28)47-4)6-11-24(40)18-23(39)10-5-20-7-13-27(45-2)29(15-20)46-3/h5-18,39,42H,19H2,1-4H3,(H,37,41)/b10-5+,11-6+,23-18-. The van der Waals surface area contributed by atoms with Crippen LogP contribution in [0.4, 0.5) is 24.5 Å². The molecule has 0 radical (unpaired) electrons. The summed E-state index contributed by atoms with van der Waals surface area (Å²) in [4.78, 5) is 34.8. The third-order valence-electron chi connectivity index (χ3n) is 6.53. The molecule has 3 N–H and O–H groups in total. The van der Waals surface area contributed by atoms with Gasteiger partial charge in [0.1, 0.15) is 17.9 Å². The Kier molecular flexibility index (Phi) is 11.9. The number of halogens is 3. The summed E-state index contributed by atoms with van der Waals surface area (Å²) in [5.41, 5.74) is -4.28. The molecule has 0 spiro atoms. The van der Waals surface area contributed by atoms with Crippen LogP contribution < -0.4 is 24.3 Å². The van der Waals surface area contributed by atoms with Crippen LogP contribution in [0.1, 0.15) is 23.6 Å². The van der Waals surface area contributed by atoms with Crippen LogP contribution >= 0.6 is 0 Å². The molecule has 12 nitrogen and oxygen atoms in total. The van der Waals surface area contributed by atoms with Crippen molar-refractivity contribution in [3.8, 4) is 23.0 Å². The number of ether oxygens (including phenoxy) is 4. The molecular weight excluding hydrogens is 641 g/mol. The fraction of sp³-hybridized carbons (Fsp3) is 0.212. The summed E-state index contributed by atoms with van der Waals surface area (Å²) in [6.45, 7) is 0.391. The Morgan fingerprint density at radius 1 is 0.875 bits per heavy atom. The van der Waals surface area contributed by atoms with E-state index in [4.69, 9.17) is 18.9 Å². The van der Waals surface area contributed by atoms with Crippen LogP contribution in [0.3, 0.4) is 0 Å². The number of carbonyl (C=O) groups excluding carboxylic acids is 2. The molecule has 0 saturated heterocycles. The maximum atomic E-state index is 13.3. The van der Waals surface area contributed by atoms with Gasteiger partial charge in [-0.3, -0.25) is 19.7 Å². The van der Waals surface area contributed by atoms with Crippen molar-refractivity contribution in [2.24, 2.45) is 0 Å².